The summed E-state index contributed by atoms with van der Waals surface area (Å²) in [6, 6.07) is 83.8. The molecular weight excluding hydrogens is 857 g/mol. The van der Waals surface area contributed by atoms with Crippen LogP contribution in [0, 0.1) is 0 Å². The van der Waals surface area contributed by atoms with Crippen LogP contribution in [0.4, 0.5) is 0 Å². The van der Waals surface area contributed by atoms with Gasteiger partial charge in [0.25, 0.3) is 0 Å². The molecule has 1 unspecified atom stereocenters. The molecule has 0 aliphatic carbocycles. The van der Waals surface area contributed by atoms with Crippen LogP contribution in [-0.2, 0) is 0 Å². The summed E-state index contributed by atoms with van der Waals surface area (Å²) in [5.74, 6) is 0.673. The van der Waals surface area contributed by atoms with E-state index >= 15 is 0 Å². The van der Waals surface area contributed by atoms with Crippen LogP contribution in [0.3, 0.4) is 0 Å². The molecule has 0 N–H and O–H groups in total. The van der Waals surface area contributed by atoms with Gasteiger partial charge in [-0.05, 0) is 85.5 Å². The van der Waals surface area contributed by atoms with Crippen LogP contribution < -0.4 is 0 Å². The van der Waals surface area contributed by atoms with E-state index in [1.165, 1.54) is 53.6 Å². The van der Waals surface area contributed by atoms with Crippen molar-refractivity contribution in [3.63, 3.8) is 0 Å². The maximum Gasteiger partial charge on any atom is 0.156 e. The number of furan rings is 1. The van der Waals surface area contributed by atoms with Crippen LogP contribution in [0.15, 0.2) is 263 Å². The Morgan fingerprint density at radius 2 is 0.913 bits per heavy atom. The van der Waals surface area contributed by atoms with Crippen molar-refractivity contribution < 1.29 is 4.42 Å². The second-order valence-corrected chi connectivity index (χ2v) is 18.8. The number of rotatable bonds is 8. The van der Waals surface area contributed by atoms with Gasteiger partial charge in [-0.25, -0.2) is 4.99 Å². The molecule has 1 atom stereocenters. The van der Waals surface area contributed by atoms with E-state index in [2.05, 4.69) is 213 Å². The second-order valence-electron chi connectivity index (χ2n) is 17.7. The first-order valence-electron chi connectivity index (χ1n) is 23.3. The number of aliphatic imine (C=N–C) groups is 2. The van der Waals surface area contributed by atoms with Crippen molar-refractivity contribution >= 4 is 65.0 Å². The first-order chi connectivity index (χ1) is 34.1. The summed E-state index contributed by atoms with van der Waals surface area (Å²) in [5.41, 5.74) is 18.3. The van der Waals surface area contributed by atoms with E-state index in [9.17, 15) is 0 Å². The van der Waals surface area contributed by atoms with Crippen molar-refractivity contribution in [2.45, 2.75) is 6.04 Å². The zero-order chi connectivity index (χ0) is 45.8. The minimum absolute atomic E-state index is 0.378. The van der Waals surface area contributed by atoms with Crippen LogP contribution in [0.5, 0.6) is 0 Å². The van der Waals surface area contributed by atoms with E-state index in [1.54, 1.807) is 0 Å². The maximum absolute atomic E-state index is 6.47. The highest BCUT2D eigenvalue weighted by Gasteiger charge is 2.29. The molecule has 2 aromatic heterocycles. The van der Waals surface area contributed by atoms with Crippen LogP contribution in [0.2, 0.25) is 0 Å². The van der Waals surface area contributed by atoms with Gasteiger partial charge < -0.3 is 4.42 Å². The number of hydrogen-bond donors (Lipinski definition) is 0. The average molecular weight is 899 g/mol. The first-order valence-corrected chi connectivity index (χ1v) is 24.2. The Bertz CT molecular complexity index is 3980. The minimum Gasteiger partial charge on any atom is -0.456 e. The molecular formula is C65H42N2OS. The van der Waals surface area contributed by atoms with E-state index in [0.29, 0.717) is 5.84 Å². The van der Waals surface area contributed by atoms with Gasteiger partial charge in [-0.15, -0.1) is 11.3 Å². The Morgan fingerprint density at radius 1 is 0.391 bits per heavy atom. The molecule has 0 saturated carbocycles. The summed E-state index contributed by atoms with van der Waals surface area (Å²) in [7, 11) is 0. The molecule has 12 aromatic rings. The lowest BCUT2D eigenvalue weighted by atomic mass is 9.89. The fraction of sp³-hybridized carbons (Fsp3) is 0.0154. The van der Waals surface area contributed by atoms with E-state index < -0.39 is 0 Å². The normalized spacial score (nSPS) is 13.9. The lowest BCUT2D eigenvalue weighted by Gasteiger charge is -2.24. The van der Waals surface area contributed by atoms with Gasteiger partial charge in [0.05, 0.1) is 5.71 Å². The predicted octanol–water partition coefficient (Wildman–Crippen LogP) is 17.8. The van der Waals surface area contributed by atoms with E-state index in [4.69, 9.17) is 14.4 Å². The number of benzene rings is 10. The highest BCUT2D eigenvalue weighted by atomic mass is 32.1. The minimum atomic E-state index is -0.378. The zero-order valence-electron chi connectivity index (χ0n) is 37.5. The Hall–Kier alpha value is -8.70. The van der Waals surface area contributed by atoms with Crippen LogP contribution in [0.1, 0.15) is 22.7 Å². The van der Waals surface area contributed by atoms with Gasteiger partial charge in [0.1, 0.15) is 17.2 Å². The number of amidine groups is 1. The van der Waals surface area contributed by atoms with Gasteiger partial charge in [0.15, 0.2) is 5.84 Å². The number of fused-ring (bicyclic) bond motifs is 6. The third-order valence-corrected chi connectivity index (χ3v) is 14.8. The molecule has 3 heterocycles. The molecule has 0 spiro atoms. The SMILES string of the molecule is C=C1C(c2ccccc2)=NC(c2ccc(-c3ccc(-c4ccc(-c5cccc6c5sc5cc(-c7ccccc7)ccc56)cc4)cc3)cc2)=NC1c1cccc2oc3ccc(-c4ccccc4)cc3c12. The topological polar surface area (TPSA) is 37.9 Å². The van der Waals surface area contributed by atoms with Crippen LogP contribution >= 0.6 is 11.3 Å². The Labute approximate surface area is 404 Å². The quantitative estimate of drug-likeness (QED) is 0.150. The van der Waals surface area contributed by atoms with Crippen LogP contribution in [-0.4, -0.2) is 11.5 Å². The first kappa shape index (κ1) is 40.6. The largest absolute Gasteiger partial charge is 0.456 e. The molecule has 4 heteroatoms. The van der Waals surface area contributed by atoms with Gasteiger partial charge >= 0.3 is 0 Å². The standard InChI is InChI=1S/C65H42N2OS/c1-41-62(49-17-9-4-10-18-49)66-65(67-63(41)56-21-12-22-59-61(56)57-39-51(36-38-58(57)68-59)42-13-5-2-6-14-42)50-33-29-47(30-34-50)45-25-23-44(24-26-45)46-27-31-48(32-28-46)53-19-11-20-55-54-37-35-52(40-60(54)69-64(53)55)43-15-7-3-8-16-43/h2-40,63H,1H2. The molecule has 1 aliphatic heterocycles. The molecule has 0 fully saturated rings. The molecule has 324 valence electrons. The number of thiophene rings is 1. The Morgan fingerprint density at radius 3 is 1.55 bits per heavy atom. The monoisotopic (exact) mass is 898 g/mol. The molecule has 0 bridgehead atoms. The molecule has 0 amide bonds. The third-order valence-electron chi connectivity index (χ3n) is 13.6. The molecule has 13 rings (SSSR count). The summed E-state index contributed by atoms with van der Waals surface area (Å²) < 4.78 is 9.10. The lowest BCUT2D eigenvalue weighted by molar-refractivity contribution is 0.668. The van der Waals surface area contributed by atoms with E-state index in [1.807, 2.05) is 41.7 Å². The fourth-order valence-electron chi connectivity index (χ4n) is 10.0. The molecule has 1 aliphatic rings. The molecule has 0 radical (unpaired) electrons. The van der Waals surface area contributed by atoms with Crippen LogP contribution in [0.25, 0.3) is 97.7 Å². The average Bonchev–Trinajstić information content (AvgIpc) is 4.00. The van der Waals surface area contributed by atoms with Crippen molar-refractivity contribution in [3.8, 4) is 55.6 Å². The fourth-order valence-corrected chi connectivity index (χ4v) is 11.3. The van der Waals surface area contributed by atoms with Crippen molar-refractivity contribution in [2.24, 2.45) is 9.98 Å². The van der Waals surface area contributed by atoms with Gasteiger partial charge in [-0.3, -0.25) is 4.99 Å². The highest BCUT2D eigenvalue weighted by molar-refractivity contribution is 7.26. The summed E-state index contributed by atoms with van der Waals surface area (Å²) in [5, 5.41) is 4.72. The van der Waals surface area contributed by atoms with Gasteiger partial charge in [-0.2, -0.15) is 0 Å². The lowest BCUT2D eigenvalue weighted by Crippen LogP contribution is -2.20. The van der Waals surface area contributed by atoms with Gasteiger partial charge in [0.2, 0.25) is 0 Å². The molecule has 69 heavy (non-hydrogen) atoms. The summed E-state index contributed by atoms with van der Waals surface area (Å²) in [4.78, 5) is 10.6. The Kier molecular flexibility index (Phi) is 9.92. The van der Waals surface area contributed by atoms with Crippen molar-refractivity contribution in [2.75, 3.05) is 0 Å². The number of nitrogens with zero attached hydrogens (tertiary/aromatic N) is 2. The third kappa shape index (κ3) is 7.30. The molecule has 0 saturated heterocycles. The molecule has 3 nitrogen and oxygen atoms in total. The van der Waals surface area contributed by atoms with E-state index in [-0.39, 0.29) is 6.04 Å². The van der Waals surface area contributed by atoms with Crippen molar-refractivity contribution in [1.82, 2.24) is 0 Å². The van der Waals surface area contributed by atoms with E-state index in [0.717, 1.165) is 72.2 Å². The highest BCUT2D eigenvalue weighted by Crippen LogP contribution is 2.43. The predicted molar refractivity (Wildman–Crippen MR) is 292 cm³/mol. The van der Waals surface area contributed by atoms with Gasteiger partial charge in [-0.1, -0.05) is 219 Å². The summed E-state index contributed by atoms with van der Waals surface area (Å²) in [6.07, 6.45) is 0. The zero-order valence-corrected chi connectivity index (χ0v) is 38.3. The number of hydrogen-bond acceptors (Lipinski definition) is 4. The summed E-state index contributed by atoms with van der Waals surface area (Å²) >= 11 is 1.88. The maximum atomic E-state index is 6.47. The molecule has 10 aromatic carbocycles. The summed E-state index contributed by atoms with van der Waals surface area (Å²) in [6.45, 7) is 4.66. The van der Waals surface area contributed by atoms with Crippen molar-refractivity contribution in [1.29, 1.82) is 0 Å². The van der Waals surface area contributed by atoms with Gasteiger partial charge in [0, 0.05) is 47.6 Å². The second kappa shape index (κ2) is 16.9. The van der Waals surface area contributed by atoms with Crippen molar-refractivity contribution in [3.05, 3.63) is 265 Å². The smallest absolute Gasteiger partial charge is 0.156 e. The Balaban J connectivity index is 0.791.